The van der Waals surface area contributed by atoms with E-state index in [-0.39, 0.29) is 34.9 Å². The molecule has 0 fully saturated rings. The van der Waals surface area contributed by atoms with Crippen molar-refractivity contribution < 1.29 is 23.1 Å². The molecule has 142 valence electrons. The molecule has 0 unspecified atom stereocenters. The number of aryl methyl sites for hydroxylation is 1. The quantitative estimate of drug-likeness (QED) is 0.446. The van der Waals surface area contributed by atoms with Crippen LogP contribution in [0.5, 0.6) is 5.75 Å². The third-order valence-electron chi connectivity index (χ3n) is 4.30. The molecule has 3 aromatic rings. The fourth-order valence-corrected chi connectivity index (χ4v) is 2.74. The first-order valence-electron chi connectivity index (χ1n) is 8.70. The summed E-state index contributed by atoms with van der Waals surface area (Å²) < 4.78 is 32.9. The van der Waals surface area contributed by atoms with Gasteiger partial charge in [0.1, 0.15) is 23.2 Å². The first kappa shape index (κ1) is 19.4. The number of benzene rings is 3. The molecule has 0 amide bonds. The summed E-state index contributed by atoms with van der Waals surface area (Å²) in [5.74, 6) is -1.63. The van der Waals surface area contributed by atoms with E-state index in [2.05, 4.69) is 0 Å². The van der Waals surface area contributed by atoms with E-state index >= 15 is 0 Å². The van der Waals surface area contributed by atoms with Gasteiger partial charge < -0.3 is 4.74 Å². The standard InChI is InChI=1S/C23H18F2O3/c1-14-3-4-18(12-21(14)24)16-5-7-17(8-6-16)23(27)28-20-10-9-19(11-15(2)26)22(25)13-20/h3-10,12-13H,11H2,1-2H3. The minimum atomic E-state index is -0.639. The van der Waals surface area contributed by atoms with E-state index in [4.69, 9.17) is 4.74 Å². The Bertz CT molecular complexity index is 1040. The van der Waals surface area contributed by atoms with Gasteiger partial charge in [-0.15, -0.1) is 0 Å². The molecule has 0 heterocycles. The maximum absolute atomic E-state index is 14.0. The SMILES string of the molecule is CC(=O)Cc1ccc(OC(=O)c2ccc(-c3ccc(C)c(F)c3)cc2)cc1F. The lowest BCUT2D eigenvalue weighted by Crippen LogP contribution is -2.09. The molecule has 5 heteroatoms. The molecule has 0 bridgehead atoms. The summed E-state index contributed by atoms with van der Waals surface area (Å²) in [6.07, 6.45) is -0.0128. The lowest BCUT2D eigenvalue weighted by atomic mass is 10.0. The Morgan fingerprint density at radius 3 is 2.14 bits per heavy atom. The van der Waals surface area contributed by atoms with Gasteiger partial charge in [-0.3, -0.25) is 4.79 Å². The number of rotatable bonds is 5. The molecular weight excluding hydrogens is 362 g/mol. The summed E-state index contributed by atoms with van der Waals surface area (Å²) in [4.78, 5) is 23.4. The molecule has 0 aromatic heterocycles. The van der Waals surface area contributed by atoms with Gasteiger partial charge in [0.15, 0.2) is 0 Å². The van der Waals surface area contributed by atoms with Crippen LogP contribution in [0.15, 0.2) is 60.7 Å². The van der Waals surface area contributed by atoms with Gasteiger partial charge >= 0.3 is 5.97 Å². The number of carbonyl (C=O) groups excluding carboxylic acids is 2. The smallest absolute Gasteiger partial charge is 0.343 e. The van der Waals surface area contributed by atoms with Crippen molar-refractivity contribution in [2.75, 3.05) is 0 Å². The maximum atomic E-state index is 14.0. The lowest BCUT2D eigenvalue weighted by Gasteiger charge is -2.08. The van der Waals surface area contributed by atoms with Crippen molar-refractivity contribution in [3.05, 3.63) is 89.0 Å². The minimum absolute atomic E-state index is 0.0128. The van der Waals surface area contributed by atoms with Crippen LogP contribution in [0, 0.1) is 18.6 Å². The van der Waals surface area contributed by atoms with Crippen LogP contribution < -0.4 is 4.74 Å². The number of Topliss-reactive ketones (excluding diaryl/α,β-unsaturated/α-hetero) is 1. The number of halogens is 2. The number of esters is 1. The maximum Gasteiger partial charge on any atom is 0.343 e. The first-order chi connectivity index (χ1) is 13.3. The molecule has 0 aliphatic heterocycles. The van der Waals surface area contributed by atoms with Gasteiger partial charge in [-0.2, -0.15) is 0 Å². The van der Waals surface area contributed by atoms with Crippen molar-refractivity contribution in [1.82, 2.24) is 0 Å². The van der Waals surface area contributed by atoms with Gasteiger partial charge in [-0.1, -0.05) is 30.3 Å². The molecule has 0 atom stereocenters. The molecule has 3 aromatic carbocycles. The summed E-state index contributed by atoms with van der Waals surface area (Å²) >= 11 is 0. The summed E-state index contributed by atoms with van der Waals surface area (Å²) in [5, 5.41) is 0. The molecule has 0 N–H and O–H groups in total. The highest BCUT2D eigenvalue weighted by molar-refractivity contribution is 5.91. The Kier molecular flexibility index (Phi) is 5.64. The minimum Gasteiger partial charge on any atom is -0.423 e. The van der Waals surface area contributed by atoms with Gasteiger partial charge in [-0.25, -0.2) is 13.6 Å². The molecule has 0 aliphatic rings. The van der Waals surface area contributed by atoms with Crippen LogP contribution in [0.2, 0.25) is 0 Å². The first-order valence-corrected chi connectivity index (χ1v) is 8.70. The monoisotopic (exact) mass is 380 g/mol. The number of ether oxygens (including phenoxy) is 1. The van der Waals surface area contributed by atoms with Crippen molar-refractivity contribution in [1.29, 1.82) is 0 Å². The van der Waals surface area contributed by atoms with E-state index in [9.17, 15) is 18.4 Å². The predicted molar refractivity (Wildman–Crippen MR) is 102 cm³/mol. The van der Waals surface area contributed by atoms with Gasteiger partial charge in [-0.05, 0) is 60.4 Å². The van der Waals surface area contributed by atoms with Crippen molar-refractivity contribution in [2.24, 2.45) is 0 Å². The van der Waals surface area contributed by atoms with E-state index in [1.165, 1.54) is 25.1 Å². The largest absolute Gasteiger partial charge is 0.423 e. The third kappa shape index (κ3) is 4.49. The van der Waals surface area contributed by atoms with Crippen molar-refractivity contribution >= 4 is 11.8 Å². The molecule has 0 saturated heterocycles. The topological polar surface area (TPSA) is 43.4 Å². The van der Waals surface area contributed by atoms with Crippen molar-refractivity contribution in [2.45, 2.75) is 20.3 Å². The zero-order valence-corrected chi connectivity index (χ0v) is 15.5. The van der Waals surface area contributed by atoms with Gasteiger partial charge in [0.05, 0.1) is 5.56 Å². The second-order valence-electron chi connectivity index (χ2n) is 6.56. The fourth-order valence-electron chi connectivity index (χ4n) is 2.74. The van der Waals surface area contributed by atoms with Crippen LogP contribution >= 0.6 is 0 Å². The van der Waals surface area contributed by atoms with E-state index in [0.29, 0.717) is 11.1 Å². The average molecular weight is 380 g/mol. The van der Waals surface area contributed by atoms with Crippen LogP contribution in [-0.4, -0.2) is 11.8 Å². The second-order valence-corrected chi connectivity index (χ2v) is 6.56. The van der Waals surface area contributed by atoms with Gasteiger partial charge in [0.25, 0.3) is 0 Å². The highest BCUT2D eigenvalue weighted by atomic mass is 19.1. The zero-order chi connectivity index (χ0) is 20.3. The molecule has 28 heavy (non-hydrogen) atoms. The molecule has 0 radical (unpaired) electrons. The molecule has 0 saturated carbocycles. The third-order valence-corrected chi connectivity index (χ3v) is 4.30. The Hall–Kier alpha value is -3.34. The van der Waals surface area contributed by atoms with E-state index in [1.54, 1.807) is 43.3 Å². The van der Waals surface area contributed by atoms with Crippen LogP contribution in [0.4, 0.5) is 8.78 Å². The summed E-state index contributed by atoms with van der Waals surface area (Å²) in [6, 6.07) is 15.4. The van der Waals surface area contributed by atoms with Crippen molar-refractivity contribution in [3.8, 4) is 16.9 Å². The molecule has 3 nitrogen and oxygen atoms in total. The van der Waals surface area contributed by atoms with E-state index < -0.39 is 11.8 Å². The van der Waals surface area contributed by atoms with Crippen molar-refractivity contribution in [3.63, 3.8) is 0 Å². The van der Waals surface area contributed by atoms with E-state index in [0.717, 1.165) is 11.6 Å². The van der Waals surface area contributed by atoms with Gasteiger partial charge in [0, 0.05) is 12.5 Å². The fraction of sp³-hybridized carbons (Fsp3) is 0.130. The number of hydrogen-bond donors (Lipinski definition) is 0. The van der Waals surface area contributed by atoms with Crippen LogP contribution in [0.3, 0.4) is 0 Å². The molecular formula is C23H18F2O3. The van der Waals surface area contributed by atoms with Gasteiger partial charge in [0.2, 0.25) is 0 Å². The number of hydrogen-bond acceptors (Lipinski definition) is 3. The normalized spacial score (nSPS) is 10.6. The zero-order valence-electron chi connectivity index (χ0n) is 15.5. The summed E-state index contributed by atoms with van der Waals surface area (Å²) in [6.45, 7) is 3.07. The molecule has 0 aliphatic carbocycles. The summed E-state index contributed by atoms with van der Waals surface area (Å²) in [7, 11) is 0. The molecule has 3 rings (SSSR count). The Balaban J connectivity index is 1.73. The second kappa shape index (κ2) is 8.13. The Morgan fingerprint density at radius 1 is 0.857 bits per heavy atom. The van der Waals surface area contributed by atoms with Crippen LogP contribution in [0.1, 0.15) is 28.4 Å². The Labute approximate surface area is 161 Å². The van der Waals surface area contributed by atoms with Crippen LogP contribution in [-0.2, 0) is 11.2 Å². The average Bonchev–Trinajstić information content (AvgIpc) is 2.66. The number of carbonyl (C=O) groups is 2. The molecule has 0 spiro atoms. The van der Waals surface area contributed by atoms with Crippen LogP contribution in [0.25, 0.3) is 11.1 Å². The Morgan fingerprint density at radius 2 is 1.54 bits per heavy atom. The highest BCUT2D eigenvalue weighted by Gasteiger charge is 2.12. The predicted octanol–water partition coefficient (Wildman–Crippen LogP) is 5.29. The lowest BCUT2D eigenvalue weighted by molar-refractivity contribution is -0.116. The highest BCUT2D eigenvalue weighted by Crippen LogP contribution is 2.23. The van der Waals surface area contributed by atoms with E-state index in [1.807, 2.05) is 0 Å². The summed E-state index contributed by atoms with van der Waals surface area (Å²) in [5.41, 5.74) is 2.55. The number of ketones is 1.